The van der Waals surface area contributed by atoms with Gasteiger partial charge in [-0.1, -0.05) is 29.4 Å². The van der Waals surface area contributed by atoms with Crippen LogP contribution in [0, 0.1) is 0 Å². The third kappa shape index (κ3) is 5.30. The van der Waals surface area contributed by atoms with E-state index < -0.39 is 0 Å². The molecule has 3 aromatic carbocycles. The Morgan fingerprint density at radius 3 is 2.33 bits per heavy atom. The third-order valence-corrected chi connectivity index (χ3v) is 4.70. The highest BCUT2D eigenvalue weighted by Gasteiger charge is 2.17. The van der Waals surface area contributed by atoms with Crippen molar-refractivity contribution in [1.29, 1.82) is 0 Å². The van der Waals surface area contributed by atoms with Crippen LogP contribution in [0.25, 0.3) is 22.8 Å². The van der Waals surface area contributed by atoms with Crippen molar-refractivity contribution in [2.24, 2.45) is 0 Å². The van der Waals surface area contributed by atoms with Gasteiger partial charge in [0.1, 0.15) is 17.2 Å². The zero-order valence-corrected chi connectivity index (χ0v) is 18.3. The fourth-order valence-corrected chi connectivity index (χ4v) is 3.18. The Labute approximate surface area is 191 Å². The van der Waals surface area contributed by atoms with Crippen molar-refractivity contribution < 1.29 is 23.5 Å². The maximum atomic E-state index is 12.4. The number of para-hydroxylation sites is 2. The maximum absolute atomic E-state index is 12.4. The number of aromatic nitrogens is 2. The van der Waals surface area contributed by atoms with Crippen molar-refractivity contribution in [3.63, 3.8) is 0 Å². The van der Waals surface area contributed by atoms with Gasteiger partial charge in [-0.2, -0.15) is 4.98 Å². The van der Waals surface area contributed by atoms with Crippen molar-refractivity contribution >= 4 is 11.6 Å². The van der Waals surface area contributed by atoms with Crippen LogP contribution in [0.2, 0.25) is 0 Å². The van der Waals surface area contributed by atoms with E-state index in [4.69, 9.17) is 18.7 Å². The van der Waals surface area contributed by atoms with Crippen LogP contribution >= 0.6 is 0 Å². The zero-order chi connectivity index (χ0) is 23.0. The van der Waals surface area contributed by atoms with E-state index in [1.54, 1.807) is 43.5 Å². The van der Waals surface area contributed by atoms with Crippen molar-refractivity contribution in [2.75, 3.05) is 25.6 Å². The number of benzene rings is 3. The Kier molecular flexibility index (Phi) is 6.84. The van der Waals surface area contributed by atoms with Gasteiger partial charge in [0.2, 0.25) is 5.82 Å². The van der Waals surface area contributed by atoms with E-state index in [2.05, 4.69) is 15.5 Å². The van der Waals surface area contributed by atoms with E-state index in [1.165, 1.54) is 0 Å². The van der Waals surface area contributed by atoms with Crippen molar-refractivity contribution in [3.8, 4) is 40.1 Å². The molecule has 1 amide bonds. The summed E-state index contributed by atoms with van der Waals surface area (Å²) in [6.45, 7) is 2.32. The second kappa shape index (κ2) is 10.3. The Morgan fingerprint density at radius 2 is 1.61 bits per heavy atom. The maximum Gasteiger partial charge on any atom is 0.262 e. The smallest absolute Gasteiger partial charge is 0.262 e. The predicted molar refractivity (Wildman–Crippen MR) is 123 cm³/mol. The lowest BCUT2D eigenvalue weighted by Gasteiger charge is -2.10. The highest BCUT2D eigenvalue weighted by Crippen LogP contribution is 2.32. The molecule has 0 fully saturated rings. The molecule has 1 heterocycles. The summed E-state index contributed by atoms with van der Waals surface area (Å²) in [5.41, 5.74) is 1.95. The lowest BCUT2D eigenvalue weighted by atomic mass is 10.2. The Bertz CT molecular complexity index is 1220. The first-order chi connectivity index (χ1) is 16.2. The highest BCUT2D eigenvalue weighted by atomic mass is 16.5. The van der Waals surface area contributed by atoms with Gasteiger partial charge < -0.3 is 24.1 Å². The van der Waals surface area contributed by atoms with Crippen molar-refractivity contribution in [3.05, 3.63) is 72.8 Å². The number of rotatable bonds is 9. The summed E-state index contributed by atoms with van der Waals surface area (Å²) in [5, 5.41) is 6.88. The molecule has 4 aromatic rings. The normalized spacial score (nSPS) is 10.5. The summed E-state index contributed by atoms with van der Waals surface area (Å²) in [5.74, 6) is 2.21. The molecule has 0 bridgehead atoms. The van der Waals surface area contributed by atoms with Gasteiger partial charge in [-0.3, -0.25) is 4.79 Å². The SMILES string of the molecule is CCOc1ccc(NC(=O)COc2ccccc2-c2noc(-c3ccccc3OC)n2)cc1. The van der Waals surface area contributed by atoms with Crippen LogP contribution in [-0.2, 0) is 4.79 Å². The lowest BCUT2D eigenvalue weighted by molar-refractivity contribution is -0.118. The van der Waals surface area contributed by atoms with Gasteiger partial charge in [-0.15, -0.1) is 0 Å². The summed E-state index contributed by atoms with van der Waals surface area (Å²) in [4.78, 5) is 16.9. The molecule has 1 N–H and O–H groups in total. The van der Waals surface area contributed by atoms with Crippen LogP contribution < -0.4 is 19.5 Å². The van der Waals surface area contributed by atoms with Crippen LogP contribution in [0.3, 0.4) is 0 Å². The topological polar surface area (TPSA) is 95.7 Å². The summed E-state index contributed by atoms with van der Waals surface area (Å²) >= 11 is 0. The Hall–Kier alpha value is -4.33. The number of carbonyl (C=O) groups excluding carboxylic acids is 1. The number of nitrogens with one attached hydrogen (secondary N) is 1. The minimum Gasteiger partial charge on any atom is -0.496 e. The number of anilines is 1. The lowest BCUT2D eigenvalue weighted by Crippen LogP contribution is -2.20. The number of hydrogen-bond acceptors (Lipinski definition) is 7. The molecule has 1 aromatic heterocycles. The van der Waals surface area contributed by atoms with Gasteiger partial charge >= 0.3 is 0 Å². The average Bonchev–Trinajstić information content (AvgIpc) is 3.34. The van der Waals surface area contributed by atoms with Gasteiger partial charge in [0.05, 0.1) is 24.8 Å². The van der Waals surface area contributed by atoms with Crippen LogP contribution in [0.5, 0.6) is 17.2 Å². The second-order valence-corrected chi connectivity index (χ2v) is 6.91. The van der Waals surface area contributed by atoms with Gasteiger partial charge in [0.25, 0.3) is 11.8 Å². The van der Waals surface area contributed by atoms with E-state index in [0.29, 0.717) is 46.6 Å². The number of ether oxygens (including phenoxy) is 3. The third-order valence-electron chi connectivity index (χ3n) is 4.70. The quantitative estimate of drug-likeness (QED) is 0.394. The van der Waals surface area contributed by atoms with E-state index >= 15 is 0 Å². The van der Waals surface area contributed by atoms with Gasteiger partial charge in [0.15, 0.2) is 6.61 Å². The fourth-order valence-electron chi connectivity index (χ4n) is 3.18. The number of carbonyl (C=O) groups is 1. The summed E-state index contributed by atoms with van der Waals surface area (Å²) in [7, 11) is 1.58. The molecule has 8 nitrogen and oxygen atoms in total. The first-order valence-electron chi connectivity index (χ1n) is 10.4. The fraction of sp³-hybridized carbons (Fsp3) is 0.160. The highest BCUT2D eigenvalue weighted by molar-refractivity contribution is 5.92. The summed E-state index contributed by atoms with van der Waals surface area (Å²) in [6.07, 6.45) is 0. The summed E-state index contributed by atoms with van der Waals surface area (Å²) in [6, 6.07) is 21.7. The molecular formula is C25H23N3O5. The van der Waals surface area contributed by atoms with Crippen LogP contribution in [0.4, 0.5) is 5.69 Å². The average molecular weight is 445 g/mol. The molecule has 0 atom stereocenters. The van der Waals surface area contributed by atoms with Crippen LogP contribution in [0.1, 0.15) is 6.92 Å². The van der Waals surface area contributed by atoms with Crippen LogP contribution in [0.15, 0.2) is 77.3 Å². The number of amides is 1. The predicted octanol–water partition coefficient (Wildman–Crippen LogP) is 4.83. The molecule has 8 heteroatoms. The molecule has 0 aliphatic heterocycles. The largest absolute Gasteiger partial charge is 0.496 e. The summed E-state index contributed by atoms with van der Waals surface area (Å²) < 4.78 is 22.0. The van der Waals surface area contributed by atoms with Gasteiger partial charge in [-0.25, -0.2) is 0 Å². The monoisotopic (exact) mass is 445 g/mol. The molecule has 0 spiro atoms. The number of nitrogens with zero attached hydrogens (tertiary/aromatic N) is 2. The van der Waals surface area contributed by atoms with E-state index in [-0.39, 0.29) is 12.5 Å². The molecule has 168 valence electrons. The molecule has 0 aliphatic rings. The molecule has 0 radical (unpaired) electrons. The molecule has 0 unspecified atom stereocenters. The molecule has 0 saturated carbocycles. The Balaban J connectivity index is 1.45. The van der Waals surface area contributed by atoms with E-state index in [9.17, 15) is 4.79 Å². The van der Waals surface area contributed by atoms with E-state index in [0.717, 1.165) is 5.75 Å². The minimum atomic E-state index is -0.295. The van der Waals surface area contributed by atoms with Crippen molar-refractivity contribution in [1.82, 2.24) is 10.1 Å². The first kappa shape index (κ1) is 21.9. The molecule has 4 rings (SSSR count). The second-order valence-electron chi connectivity index (χ2n) is 6.91. The first-order valence-corrected chi connectivity index (χ1v) is 10.4. The Morgan fingerprint density at radius 1 is 0.909 bits per heavy atom. The zero-order valence-electron chi connectivity index (χ0n) is 18.3. The number of hydrogen-bond donors (Lipinski definition) is 1. The minimum absolute atomic E-state index is 0.179. The molecule has 0 aliphatic carbocycles. The molecular weight excluding hydrogens is 422 g/mol. The van der Waals surface area contributed by atoms with Crippen LogP contribution in [-0.4, -0.2) is 36.4 Å². The van der Waals surface area contributed by atoms with Crippen molar-refractivity contribution in [2.45, 2.75) is 6.92 Å². The number of methoxy groups -OCH3 is 1. The van der Waals surface area contributed by atoms with Gasteiger partial charge in [0, 0.05) is 5.69 Å². The standard InChI is InChI=1S/C25H23N3O5/c1-3-31-18-14-12-17(13-15-18)26-23(29)16-32-22-11-7-4-8-19(22)24-27-25(33-28-24)20-9-5-6-10-21(20)30-2/h4-15H,3,16H2,1-2H3,(H,26,29). The van der Waals surface area contributed by atoms with Gasteiger partial charge in [-0.05, 0) is 55.5 Å². The molecule has 0 saturated heterocycles. The van der Waals surface area contributed by atoms with E-state index in [1.807, 2.05) is 43.3 Å². The molecule has 33 heavy (non-hydrogen) atoms.